The van der Waals surface area contributed by atoms with Crippen LogP contribution in [0.4, 0.5) is 0 Å². The molecule has 0 bridgehead atoms. The van der Waals surface area contributed by atoms with Gasteiger partial charge >= 0.3 is 0 Å². The van der Waals surface area contributed by atoms with E-state index < -0.39 is 0 Å². The predicted octanol–water partition coefficient (Wildman–Crippen LogP) is 3.37. The average molecular weight is 286 g/mol. The molecule has 0 atom stereocenters. The van der Waals surface area contributed by atoms with Gasteiger partial charge in [-0.15, -0.1) is 0 Å². The summed E-state index contributed by atoms with van der Waals surface area (Å²) in [6.45, 7) is 0.534. The zero-order valence-corrected chi connectivity index (χ0v) is 11.9. The first-order valence-corrected chi connectivity index (χ1v) is 7.19. The largest absolute Gasteiger partial charge is 0.352 e. The van der Waals surface area contributed by atoms with Crippen molar-refractivity contribution in [3.8, 4) is 0 Å². The fraction of sp³-hybridized carbons (Fsp3) is 0.235. The molecule has 0 fully saturated rings. The van der Waals surface area contributed by atoms with E-state index >= 15 is 0 Å². The van der Waals surface area contributed by atoms with Gasteiger partial charge in [0, 0.05) is 17.5 Å². The van der Waals surface area contributed by atoms with E-state index in [0.29, 0.717) is 11.6 Å². The Kier molecular flexibility index (Phi) is 3.75. The van der Waals surface area contributed by atoms with Crippen molar-refractivity contribution in [2.75, 3.05) is 0 Å². The smallest absolute Gasteiger partial charge is 0.224 e. The normalized spacial score (nSPS) is 14.1. The van der Waals surface area contributed by atoms with E-state index in [4.69, 9.17) is 11.6 Å². The highest BCUT2D eigenvalue weighted by Gasteiger charge is 2.26. The van der Waals surface area contributed by atoms with E-state index in [2.05, 4.69) is 17.4 Å². The molecule has 3 rings (SSSR count). The van der Waals surface area contributed by atoms with Crippen LogP contribution in [0.2, 0.25) is 5.02 Å². The summed E-state index contributed by atoms with van der Waals surface area (Å²) in [7, 11) is 0. The van der Waals surface area contributed by atoms with Gasteiger partial charge in [0.25, 0.3) is 0 Å². The number of amides is 1. The van der Waals surface area contributed by atoms with Crippen LogP contribution in [0.15, 0.2) is 48.5 Å². The highest BCUT2D eigenvalue weighted by molar-refractivity contribution is 6.30. The molecule has 2 aromatic rings. The maximum Gasteiger partial charge on any atom is 0.224 e. The Morgan fingerprint density at radius 3 is 2.45 bits per heavy atom. The highest BCUT2D eigenvalue weighted by atomic mass is 35.5. The molecule has 1 N–H and O–H groups in total. The third kappa shape index (κ3) is 2.86. The minimum absolute atomic E-state index is 0.0617. The van der Waals surface area contributed by atoms with Crippen LogP contribution < -0.4 is 5.32 Å². The number of carbonyl (C=O) groups excluding carboxylic acids is 1. The van der Waals surface area contributed by atoms with Gasteiger partial charge in [0.05, 0.1) is 0 Å². The van der Waals surface area contributed by atoms with Gasteiger partial charge in [0.1, 0.15) is 0 Å². The van der Waals surface area contributed by atoms with Gasteiger partial charge < -0.3 is 5.32 Å². The molecule has 102 valence electrons. The fourth-order valence-electron chi connectivity index (χ4n) is 2.72. The first-order valence-electron chi connectivity index (χ1n) is 6.81. The third-order valence-corrected chi connectivity index (χ3v) is 4.01. The van der Waals surface area contributed by atoms with E-state index in [-0.39, 0.29) is 11.8 Å². The first kappa shape index (κ1) is 13.2. The molecule has 0 heterocycles. The number of benzene rings is 2. The van der Waals surface area contributed by atoms with Crippen molar-refractivity contribution < 1.29 is 4.79 Å². The molecule has 2 nitrogen and oxygen atoms in total. The molecule has 3 heteroatoms. The van der Waals surface area contributed by atoms with Crippen molar-refractivity contribution in [1.82, 2.24) is 5.32 Å². The van der Waals surface area contributed by atoms with Crippen LogP contribution in [0, 0.1) is 5.92 Å². The van der Waals surface area contributed by atoms with Crippen molar-refractivity contribution in [2.24, 2.45) is 5.92 Å². The molecule has 20 heavy (non-hydrogen) atoms. The summed E-state index contributed by atoms with van der Waals surface area (Å²) in [5.74, 6) is 0.188. The minimum Gasteiger partial charge on any atom is -0.352 e. The van der Waals surface area contributed by atoms with Gasteiger partial charge in [0.2, 0.25) is 5.91 Å². The standard InChI is InChI=1S/C17H16ClNO/c18-16-7-3-4-12(8-16)11-19-17(20)15-9-13-5-1-2-6-14(13)10-15/h1-8,15H,9-11H2,(H,19,20). The lowest BCUT2D eigenvalue weighted by Gasteiger charge is -2.10. The van der Waals surface area contributed by atoms with E-state index in [1.807, 2.05) is 36.4 Å². The number of hydrogen-bond acceptors (Lipinski definition) is 1. The van der Waals surface area contributed by atoms with Gasteiger partial charge in [-0.05, 0) is 41.7 Å². The SMILES string of the molecule is O=C(NCc1cccc(Cl)c1)C1Cc2ccccc2C1. The van der Waals surface area contributed by atoms with Crippen molar-refractivity contribution >= 4 is 17.5 Å². The summed E-state index contributed by atoms with van der Waals surface area (Å²) in [5, 5.41) is 3.70. The molecule has 0 spiro atoms. The molecule has 1 amide bonds. The summed E-state index contributed by atoms with van der Waals surface area (Å²) in [5.41, 5.74) is 3.63. The quantitative estimate of drug-likeness (QED) is 0.920. The second kappa shape index (κ2) is 5.68. The number of rotatable bonds is 3. The van der Waals surface area contributed by atoms with Crippen LogP contribution >= 0.6 is 11.6 Å². The zero-order valence-electron chi connectivity index (χ0n) is 11.1. The molecule has 0 radical (unpaired) electrons. The van der Waals surface area contributed by atoms with Crippen LogP contribution in [0.1, 0.15) is 16.7 Å². The molecule has 0 saturated carbocycles. The Balaban J connectivity index is 1.59. The Morgan fingerprint density at radius 1 is 1.10 bits per heavy atom. The zero-order chi connectivity index (χ0) is 13.9. The number of halogens is 1. The summed E-state index contributed by atoms with van der Waals surface area (Å²) < 4.78 is 0. The van der Waals surface area contributed by atoms with Crippen LogP contribution in [-0.4, -0.2) is 5.91 Å². The summed E-state index contributed by atoms with van der Waals surface area (Å²) >= 11 is 5.94. The lowest BCUT2D eigenvalue weighted by Crippen LogP contribution is -2.30. The number of nitrogens with one attached hydrogen (secondary N) is 1. The summed E-state index contributed by atoms with van der Waals surface area (Å²) in [6.07, 6.45) is 1.69. The maximum absolute atomic E-state index is 12.2. The van der Waals surface area contributed by atoms with E-state index in [1.165, 1.54) is 11.1 Å². The van der Waals surface area contributed by atoms with Crippen molar-refractivity contribution in [1.29, 1.82) is 0 Å². The van der Waals surface area contributed by atoms with Crippen molar-refractivity contribution in [3.05, 3.63) is 70.2 Å². The van der Waals surface area contributed by atoms with Crippen LogP contribution in [-0.2, 0) is 24.2 Å². The predicted molar refractivity (Wildman–Crippen MR) is 80.6 cm³/mol. The monoisotopic (exact) mass is 285 g/mol. The van der Waals surface area contributed by atoms with E-state index in [0.717, 1.165) is 18.4 Å². The Labute approximate surface area is 123 Å². The molecule has 0 aliphatic heterocycles. The first-order chi connectivity index (χ1) is 9.72. The number of hydrogen-bond donors (Lipinski definition) is 1. The minimum atomic E-state index is 0.0617. The van der Waals surface area contributed by atoms with Crippen LogP contribution in [0.25, 0.3) is 0 Å². The summed E-state index contributed by atoms with van der Waals surface area (Å²) in [6, 6.07) is 15.9. The van der Waals surface area contributed by atoms with Crippen molar-refractivity contribution in [2.45, 2.75) is 19.4 Å². The topological polar surface area (TPSA) is 29.1 Å². The van der Waals surface area contributed by atoms with Gasteiger partial charge in [-0.2, -0.15) is 0 Å². The van der Waals surface area contributed by atoms with Gasteiger partial charge in [-0.25, -0.2) is 0 Å². The molecular weight excluding hydrogens is 270 g/mol. The van der Waals surface area contributed by atoms with Gasteiger partial charge in [0.15, 0.2) is 0 Å². The van der Waals surface area contributed by atoms with Crippen molar-refractivity contribution in [3.63, 3.8) is 0 Å². The fourth-order valence-corrected chi connectivity index (χ4v) is 2.94. The summed E-state index contributed by atoms with van der Waals surface area (Å²) in [4.78, 5) is 12.2. The Hall–Kier alpha value is -1.80. The highest BCUT2D eigenvalue weighted by Crippen LogP contribution is 2.26. The van der Waals surface area contributed by atoms with Crippen LogP contribution in [0.5, 0.6) is 0 Å². The van der Waals surface area contributed by atoms with Gasteiger partial charge in [-0.3, -0.25) is 4.79 Å². The molecule has 0 aromatic heterocycles. The van der Waals surface area contributed by atoms with Crippen LogP contribution in [0.3, 0.4) is 0 Å². The maximum atomic E-state index is 12.2. The molecular formula is C17H16ClNO. The average Bonchev–Trinajstić information content (AvgIpc) is 2.89. The third-order valence-electron chi connectivity index (χ3n) is 3.78. The molecule has 0 unspecified atom stereocenters. The molecule has 0 saturated heterocycles. The lowest BCUT2D eigenvalue weighted by atomic mass is 10.1. The second-order valence-corrected chi connectivity index (χ2v) is 5.66. The molecule has 1 aliphatic carbocycles. The number of carbonyl (C=O) groups is 1. The Bertz CT molecular complexity index is 613. The van der Waals surface area contributed by atoms with E-state index in [9.17, 15) is 4.79 Å². The lowest BCUT2D eigenvalue weighted by molar-refractivity contribution is -0.124. The second-order valence-electron chi connectivity index (χ2n) is 5.22. The Morgan fingerprint density at radius 2 is 1.80 bits per heavy atom. The molecule has 1 aliphatic rings. The van der Waals surface area contributed by atoms with E-state index in [1.54, 1.807) is 0 Å². The number of fused-ring (bicyclic) bond motifs is 1. The molecule has 2 aromatic carbocycles. The van der Waals surface area contributed by atoms with Gasteiger partial charge in [-0.1, -0.05) is 48.0 Å².